The Morgan fingerprint density at radius 3 is 2.52 bits per heavy atom. The summed E-state index contributed by atoms with van der Waals surface area (Å²) in [5, 5.41) is 0. The fourth-order valence-electron chi connectivity index (χ4n) is 2.42. The van der Waals surface area contributed by atoms with E-state index in [-0.39, 0.29) is 12.5 Å². The molecular formula is C18H24N2O3S2. The number of rotatable bonds is 8. The molecule has 0 radical (unpaired) electrons. The molecule has 5 nitrogen and oxygen atoms in total. The molecular weight excluding hydrogens is 356 g/mol. The maximum atomic E-state index is 12.3. The predicted molar refractivity (Wildman–Crippen MR) is 101 cm³/mol. The summed E-state index contributed by atoms with van der Waals surface area (Å²) in [5.74, 6) is -0.0770. The lowest BCUT2D eigenvalue weighted by Crippen LogP contribution is -2.37. The van der Waals surface area contributed by atoms with E-state index in [0.717, 1.165) is 22.4 Å². The molecule has 0 atom stereocenters. The van der Waals surface area contributed by atoms with Crippen molar-refractivity contribution in [2.45, 2.75) is 37.9 Å². The van der Waals surface area contributed by atoms with Crippen LogP contribution in [0.25, 0.3) is 0 Å². The predicted octanol–water partition coefficient (Wildman–Crippen LogP) is 2.95. The molecule has 1 aromatic carbocycles. The van der Waals surface area contributed by atoms with Gasteiger partial charge in [-0.2, -0.15) is 0 Å². The Kier molecular flexibility index (Phi) is 6.75. The highest BCUT2D eigenvalue weighted by molar-refractivity contribution is 7.91. The van der Waals surface area contributed by atoms with Gasteiger partial charge >= 0.3 is 0 Å². The maximum absolute atomic E-state index is 12.3. The van der Waals surface area contributed by atoms with Crippen LogP contribution in [0.3, 0.4) is 0 Å². The van der Waals surface area contributed by atoms with E-state index in [2.05, 4.69) is 4.72 Å². The van der Waals surface area contributed by atoms with E-state index in [1.54, 1.807) is 11.0 Å². The van der Waals surface area contributed by atoms with E-state index in [1.807, 2.05) is 44.2 Å². The van der Waals surface area contributed by atoms with Gasteiger partial charge in [-0.25, -0.2) is 13.1 Å². The Hall–Kier alpha value is -1.70. The van der Waals surface area contributed by atoms with E-state index in [1.165, 1.54) is 18.3 Å². The molecule has 0 fully saturated rings. The Bertz CT molecular complexity index is 828. The first-order chi connectivity index (χ1) is 11.8. The number of aryl methyl sites for hydroxylation is 2. The second-order valence-electron chi connectivity index (χ2n) is 5.84. The van der Waals surface area contributed by atoms with Crippen LogP contribution in [0.15, 0.2) is 40.6 Å². The fraction of sp³-hybridized carbons (Fsp3) is 0.389. The third-order valence-electron chi connectivity index (χ3n) is 3.99. The second kappa shape index (κ2) is 8.60. The number of benzene rings is 1. The first-order valence-corrected chi connectivity index (χ1v) is 10.5. The van der Waals surface area contributed by atoms with Crippen molar-refractivity contribution in [2.75, 3.05) is 13.1 Å². The zero-order valence-corrected chi connectivity index (χ0v) is 16.4. The molecule has 1 heterocycles. The Labute approximate surface area is 153 Å². The van der Waals surface area contributed by atoms with E-state index in [9.17, 15) is 13.2 Å². The number of nitrogens with one attached hydrogen (secondary N) is 1. The van der Waals surface area contributed by atoms with Crippen molar-refractivity contribution in [3.8, 4) is 0 Å². The van der Waals surface area contributed by atoms with Gasteiger partial charge in [0.05, 0.1) is 0 Å². The molecule has 0 aliphatic carbocycles. The summed E-state index contributed by atoms with van der Waals surface area (Å²) in [6.45, 7) is 6.48. The average Bonchev–Trinajstić information content (AvgIpc) is 3.05. The van der Waals surface area contributed by atoms with E-state index in [4.69, 9.17) is 0 Å². The van der Waals surface area contributed by atoms with Gasteiger partial charge in [-0.15, -0.1) is 11.3 Å². The van der Waals surface area contributed by atoms with E-state index < -0.39 is 10.0 Å². The van der Waals surface area contributed by atoms with Gasteiger partial charge in [-0.05, 0) is 36.6 Å². The van der Waals surface area contributed by atoms with E-state index in [0.29, 0.717) is 17.3 Å². The van der Waals surface area contributed by atoms with Crippen LogP contribution in [0.2, 0.25) is 0 Å². The van der Waals surface area contributed by atoms with Gasteiger partial charge in [-0.3, -0.25) is 4.79 Å². The lowest BCUT2D eigenvalue weighted by atomic mass is 10.1. The Morgan fingerprint density at radius 1 is 1.20 bits per heavy atom. The number of thiophene rings is 1. The molecule has 1 aromatic heterocycles. The third-order valence-corrected chi connectivity index (χ3v) is 7.17. The quantitative estimate of drug-likeness (QED) is 0.766. The average molecular weight is 381 g/mol. The summed E-state index contributed by atoms with van der Waals surface area (Å²) < 4.78 is 27.5. The molecule has 0 spiro atoms. The largest absolute Gasteiger partial charge is 0.337 e. The van der Waals surface area contributed by atoms with Gasteiger partial charge in [0.1, 0.15) is 4.21 Å². The number of sulfonamides is 1. The van der Waals surface area contributed by atoms with Crippen LogP contribution in [0, 0.1) is 6.92 Å². The maximum Gasteiger partial charge on any atom is 0.250 e. The van der Waals surface area contributed by atoms with Crippen LogP contribution in [0.1, 0.15) is 29.9 Å². The fourth-order valence-corrected chi connectivity index (χ4v) is 4.78. The molecule has 2 aromatic rings. The number of nitrogens with zero attached hydrogens (tertiary/aromatic N) is 1. The molecule has 0 unspecified atom stereocenters. The lowest BCUT2D eigenvalue weighted by molar-refractivity contribution is -0.129. The first kappa shape index (κ1) is 19.6. The summed E-state index contributed by atoms with van der Waals surface area (Å²) in [7, 11) is -3.52. The highest BCUT2D eigenvalue weighted by atomic mass is 32.2. The van der Waals surface area contributed by atoms with Crippen LogP contribution in [0.4, 0.5) is 0 Å². The molecule has 1 amide bonds. The Balaban J connectivity index is 1.97. The van der Waals surface area contributed by atoms with Crippen LogP contribution in [-0.4, -0.2) is 32.3 Å². The number of carbonyl (C=O) groups is 1. The topological polar surface area (TPSA) is 66.5 Å². The molecule has 0 aliphatic heterocycles. The number of amides is 1. The number of carbonyl (C=O) groups excluding carboxylic acids is 1. The smallest absolute Gasteiger partial charge is 0.250 e. The lowest BCUT2D eigenvalue weighted by Gasteiger charge is -2.22. The summed E-state index contributed by atoms with van der Waals surface area (Å²) in [5.41, 5.74) is 2.17. The van der Waals surface area contributed by atoms with Crippen molar-refractivity contribution in [2.24, 2.45) is 0 Å². The standard InChI is InChI=1S/C18H24N2O3S2/c1-4-17-9-10-18(24-17)25(22,23)19-11-12-20(15(3)21)13-16-8-6-5-7-14(16)2/h5-10,19H,4,11-13H2,1-3H3. The molecule has 7 heteroatoms. The van der Waals surface area contributed by atoms with Gasteiger partial charge in [0.15, 0.2) is 0 Å². The summed E-state index contributed by atoms with van der Waals surface area (Å²) in [6.07, 6.45) is 0.814. The molecule has 0 bridgehead atoms. The molecule has 0 aliphatic rings. The van der Waals surface area contributed by atoms with Gasteiger partial charge in [0, 0.05) is 31.4 Å². The van der Waals surface area contributed by atoms with Crippen molar-refractivity contribution in [1.82, 2.24) is 9.62 Å². The number of hydrogen-bond acceptors (Lipinski definition) is 4. The van der Waals surface area contributed by atoms with Gasteiger partial charge in [-0.1, -0.05) is 31.2 Å². The zero-order chi connectivity index (χ0) is 18.4. The summed E-state index contributed by atoms with van der Waals surface area (Å²) >= 11 is 1.28. The minimum absolute atomic E-state index is 0.0770. The molecule has 25 heavy (non-hydrogen) atoms. The van der Waals surface area contributed by atoms with Crippen LogP contribution in [-0.2, 0) is 27.8 Å². The van der Waals surface area contributed by atoms with Crippen LogP contribution in [0.5, 0.6) is 0 Å². The normalized spacial score (nSPS) is 11.5. The minimum atomic E-state index is -3.52. The zero-order valence-electron chi connectivity index (χ0n) is 14.8. The Morgan fingerprint density at radius 2 is 1.92 bits per heavy atom. The van der Waals surface area contributed by atoms with Crippen molar-refractivity contribution in [3.63, 3.8) is 0 Å². The van der Waals surface area contributed by atoms with Gasteiger partial charge < -0.3 is 4.90 Å². The first-order valence-electron chi connectivity index (χ1n) is 8.22. The second-order valence-corrected chi connectivity index (χ2v) is 9.00. The highest BCUT2D eigenvalue weighted by Crippen LogP contribution is 2.21. The van der Waals surface area contributed by atoms with E-state index >= 15 is 0 Å². The van der Waals surface area contributed by atoms with Crippen LogP contribution < -0.4 is 4.72 Å². The number of hydrogen-bond donors (Lipinski definition) is 1. The summed E-state index contributed by atoms with van der Waals surface area (Å²) in [4.78, 5) is 14.6. The minimum Gasteiger partial charge on any atom is -0.337 e. The van der Waals surface area contributed by atoms with Crippen molar-refractivity contribution in [3.05, 3.63) is 52.4 Å². The molecule has 0 saturated carbocycles. The van der Waals surface area contributed by atoms with Crippen molar-refractivity contribution >= 4 is 27.3 Å². The van der Waals surface area contributed by atoms with Crippen molar-refractivity contribution in [1.29, 1.82) is 0 Å². The molecule has 2 rings (SSSR count). The monoisotopic (exact) mass is 380 g/mol. The highest BCUT2D eigenvalue weighted by Gasteiger charge is 2.17. The molecule has 0 saturated heterocycles. The molecule has 136 valence electrons. The molecule has 1 N–H and O–H groups in total. The SMILES string of the molecule is CCc1ccc(S(=O)(=O)NCCN(Cc2ccccc2C)C(C)=O)s1. The van der Waals surface area contributed by atoms with Gasteiger partial charge in [0.25, 0.3) is 0 Å². The third kappa shape index (κ3) is 5.39. The van der Waals surface area contributed by atoms with Gasteiger partial charge in [0.2, 0.25) is 15.9 Å². The summed E-state index contributed by atoms with van der Waals surface area (Å²) in [6, 6.07) is 11.3. The van der Waals surface area contributed by atoms with Crippen LogP contribution >= 0.6 is 11.3 Å². The van der Waals surface area contributed by atoms with Crippen molar-refractivity contribution < 1.29 is 13.2 Å².